The molecule has 0 aliphatic carbocycles. The van der Waals surface area contributed by atoms with Crippen molar-refractivity contribution in [2.45, 2.75) is 13.1 Å². The molecular formula is C14H12N2O4. The zero-order valence-electron chi connectivity index (χ0n) is 11.0. The van der Waals surface area contributed by atoms with E-state index in [1.165, 1.54) is 23.8 Å². The number of likely N-dealkylation sites (N-methyl/N-ethyl adjacent to an activating group) is 1. The van der Waals surface area contributed by atoms with Crippen LogP contribution in [-0.4, -0.2) is 40.8 Å². The normalized spacial score (nSPS) is 21.2. The second kappa shape index (κ2) is 3.93. The van der Waals surface area contributed by atoms with Gasteiger partial charge in [0.1, 0.15) is 6.17 Å². The van der Waals surface area contributed by atoms with Crippen LogP contribution < -0.4 is 4.90 Å². The number of Topliss-reactive ketones (excluding diaryl/α,β-unsaturated/α-hetero) is 1. The number of benzene rings is 1. The highest BCUT2D eigenvalue weighted by atomic mass is 16.3. The lowest BCUT2D eigenvalue weighted by Gasteiger charge is -2.39. The molecule has 1 aromatic rings. The quantitative estimate of drug-likeness (QED) is 0.822. The fourth-order valence-electron chi connectivity index (χ4n) is 2.71. The predicted molar refractivity (Wildman–Crippen MR) is 70.1 cm³/mol. The van der Waals surface area contributed by atoms with Crippen LogP contribution >= 0.6 is 0 Å². The number of ketones is 1. The van der Waals surface area contributed by atoms with Crippen LogP contribution in [-0.2, 0) is 9.59 Å². The Morgan fingerprint density at radius 1 is 1.20 bits per heavy atom. The van der Waals surface area contributed by atoms with Gasteiger partial charge in [0, 0.05) is 7.05 Å². The Morgan fingerprint density at radius 2 is 1.85 bits per heavy atom. The van der Waals surface area contributed by atoms with Gasteiger partial charge in [0.25, 0.3) is 11.8 Å². The molecule has 0 bridgehead atoms. The van der Waals surface area contributed by atoms with Gasteiger partial charge in [0.2, 0.25) is 0 Å². The largest absolute Gasteiger partial charge is 0.503 e. The van der Waals surface area contributed by atoms with Crippen molar-refractivity contribution in [3.05, 3.63) is 41.2 Å². The van der Waals surface area contributed by atoms with Gasteiger partial charge in [0.15, 0.2) is 11.5 Å². The van der Waals surface area contributed by atoms with Crippen molar-refractivity contribution in [2.75, 3.05) is 11.9 Å². The fraction of sp³-hybridized carbons (Fsp3) is 0.214. The summed E-state index contributed by atoms with van der Waals surface area (Å²) < 4.78 is 0. The van der Waals surface area contributed by atoms with Crippen molar-refractivity contribution in [2.24, 2.45) is 0 Å². The molecule has 0 saturated carbocycles. The monoisotopic (exact) mass is 272 g/mol. The van der Waals surface area contributed by atoms with Crippen LogP contribution in [0.15, 0.2) is 35.6 Å². The third kappa shape index (κ3) is 1.36. The van der Waals surface area contributed by atoms with E-state index < -0.39 is 23.6 Å². The molecule has 2 aliphatic rings. The molecule has 6 heteroatoms. The fourth-order valence-corrected chi connectivity index (χ4v) is 2.71. The molecule has 0 radical (unpaired) electrons. The highest BCUT2D eigenvalue weighted by Crippen LogP contribution is 2.38. The average Bonchev–Trinajstić information content (AvgIpc) is 2.69. The van der Waals surface area contributed by atoms with Crippen molar-refractivity contribution in [3.8, 4) is 0 Å². The first-order valence-corrected chi connectivity index (χ1v) is 6.09. The van der Waals surface area contributed by atoms with Gasteiger partial charge < -0.3 is 10.0 Å². The first-order chi connectivity index (χ1) is 9.45. The number of anilines is 1. The number of aliphatic hydroxyl groups excluding tert-OH is 1. The summed E-state index contributed by atoms with van der Waals surface area (Å²) in [4.78, 5) is 38.8. The number of rotatable bonds is 1. The smallest absolute Gasteiger partial charge is 0.295 e. The summed E-state index contributed by atoms with van der Waals surface area (Å²) in [6.45, 7) is 1.27. The van der Waals surface area contributed by atoms with Crippen molar-refractivity contribution in [3.63, 3.8) is 0 Å². The molecule has 0 fully saturated rings. The van der Waals surface area contributed by atoms with E-state index in [0.29, 0.717) is 11.3 Å². The molecule has 2 aliphatic heterocycles. The Bertz CT molecular complexity index is 692. The molecule has 1 N–H and O–H groups in total. The Labute approximate surface area is 114 Å². The Morgan fingerprint density at radius 3 is 2.50 bits per heavy atom. The molecule has 0 spiro atoms. The van der Waals surface area contributed by atoms with Gasteiger partial charge in [-0.15, -0.1) is 0 Å². The Hall–Kier alpha value is -2.63. The third-order valence-electron chi connectivity index (χ3n) is 3.64. The number of carbonyl (C=O) groups is 3. The van der Waals surface area contributed by atoms with Gasteiger partial charge in [-0.25, -0.2) is 0 Å². The average molecular weight is 272 g/mol. The van der Waals surface area contributed by atoms with Gasteiger partial charge in [0.05, 0.1) is 16.8 Å². The molecule has 1 unspecified atom stereocenters. The molecule has 3 rings (SSSR count). The summed E-state index contributed by atoms with van der Waals surface area (Å²) in [5, 5.41) is 9.92. The van der Waals surface area contributed by atoms with Crippen LogP contribution in [0.25, 0.3) is 0 Å². The minimum atomic E-state index is -0.873. The minimum Gasteiger partial charge on any atom is -0.503 e. The molecule has 0 aromatic heterocycles. The number of carbonyl (C=O) groups excluding carboxylic acids is 3. The summed E-state index contributed by atoms with van der Waals surface area (Å²) in [6.07, 6.45) is -0.873. The van der Waals surface area contributed by atoms with Crippen LogP contribution in [0.4, 0.5) is 5.69 Å². The van der Waals surface area contributed by atoms with Crippen molar-refractivity contribution >= 4 is 23.3 Å². The number of para-hydroxylation sites is 1. The maximum absolute atomic E-state index is 12.3. The van der Waals surface area contributed by atoms with E-state index in [9.17, 15) is 19.5 Å². The molecule has 20 heavy (non-hydrogen) atoms. The van der Waals surface area contributed by atoms with Crippen molar-refractivity contribution in [1.29, 1.82) is 0 Å². The maximum atomic E-state index is 12.3. The molecule has 2 amide bonds. The molecule has 6 nitrogen and oxygen atoms in total. The van der Waals surface area contributed by atoms with Crippen molar-refractivity contribution < 1.29 is 19.5 Å². The van der Waals surface area contributed by atoms with E-state index in [-0.39, 0.29) is 11.5 Å². The SMILES string of the molecule is CC(=O)C1=C(O)C(=O)N2c3ccccc3C(=O)N(C)C12. The van der Waals surface area contributed by atoms with E-state index in [1.54, 1.807) is 24.3 Å². The Balaban J connectivity index is 2.26. The van der Waals surface area contributed by atoms with Gasteiger partial charge in [-0.3, -0.25) is 19.3 Å². The second-order valence-corrected chi connectivity index (χ2v) is 4.80. The van der Waals surface area contributed by atoms with E-state index in [0.717, 1.165) is 0 Å². The van der Waals surface area contributed by atoms with E-state index in [1.807, 2.05) is 0 Å². The highest BCUT2D eigenvalue weighted by Gasteiger charge is 2.49. The van der Waals surface area contributed by atoms with Gasteiger partial charge in [-0.05, 0) is 19.1 Å². The van der Waals surface area contributed by atoms with Gasteiger partial charge >= 0.3 is 0 Å². The van der Waals surface area contributed by atoms with Crippen LogP contribution in [0.5, 0.6) is 0 Å². The first kappa shape index (κ1) is 12.4. The minimum absolute atomic E-state index is 0.0413. The van der Waals surface area contributed by atoms with Gasteiger partial charge in [-0.1, -0.05) is 12.1 Å². The predicted octanol–water partition coefficient (Wildman–Crippen LogP) is 0.846. The van der Waals surface area contributed by atoms with Crippen LogP contribution in [0.1, 0.15) is 17.3 Å². The molecule has 2 heterocycles. The van der Waals surface area contributed by atoms with Crippen molar-refractivity contribution in [1.82, 2.24) is 4.90 Å². The molecule has 102 valence electrons. The number of amides is 2. The number of aliphatic hydroxyl groups is 1. The van der Waals surface area contributed by atoms with E-state index in [2.05, 4.69) is 0 Å². The first-order valence-electron chi connectivity index (χ1n) is 6.09. The maximum Gasteiger partial charge on any atom is 0.295 e. The van der Waals surface area contributed by atoms with Crippen LogP contribution in [0, 0.1) is 0 Å². The summed E-state index contributed by atoms with van der Waals surface area (Å²) in [5.74, 6) is -1.96. The lowest BCUT2D eigenvalue weighted by molar-refractivity contribution is -0.117. The molecular weight excluding hydrogens is 260 g/mol. The van der Waals surface area contributed by atoms with Gasteiger partial charge in [-0.2, -0.15) is 0 Å². The summed E-state index contributed by atoms with van der Waals surface area (Å²) >= 11 is 0. The zero-order valence-corrected chi connectivity index (χ0v) is 11.0. The molecule has 1 atom stereocenters. The summed E-state index contributed by atoms with van der Waals surface area (Å²) in [7, 11) is 1.50. The number of nitrogens with zero attached hydrogens (tertiary/aromatic N) is 2. The lowest BCUT2D eigenvalue weighted by Crippen LogP contribution is -2.53. The standard InChI is InChI=1S/C14H12N2O4/c1-7(17)10-11(18)14(20)16-9-6-4-3-5-8(9)13(19)15(2)12(10)16/h3-6,12,18H,1-2H3. The second-order valence-electron chi connectivity index (χ2n) is 4.80. The third-order valence-corrected chi connectivity index (χ3v) is 3.64. The van der Waals surface area contributed by atoms with Crippen LogP contribution in [0.3, 0.4) is 0 Å². The number of hydrogen-bond acceptors (Lipinski definition) is 4. The zero-order chi connectivity index (χ0) is 14.6. The Kier molecular flexibility index (Phi) is 2.44. The lowest BCUT2D eigenvalue weighted by atomic mass is 10.0. The number of fused-ring (bicyclic) bond motifs is 3. The van der Waals surface area contributed by atoms with E-state index >= 15 is 0 Å². The molecule has 1 aromatic carbocycles. The van der Waals surface area contributed by atoms with E-state index in [4.69, 9.17) is 0 Å². The summed E-state index contributed by atoms with van der Waals surface area (Å²) in [6, 6.07) is 6.64. The highest BCUT2D eigenvalue weighted by molar-refractivity contribution is 6.20. The molecule has 0 saturated heterocycles. The van der Waals surface area contributed by atoms with Crippen LogP contribution in [0.2, 0.25) is 0 Å². The summed E-state index contributed by atoms with van der Waals surface area (Å²) in [5.41, 5.74) is 0.742. The number of hydrogen-bond donors (Lipinski definition) is 1. The topological polar surface area (TPSA) is 77.9 Å².